The highest BCUT2D eigenvalue weighted by Gasteiger charge is 2.39. The number of benzene rings is 1. The van der Waals surface area contributed by atoms with Gasteiger partial charge in [-0.3, -0.25) is 0 Å². The van der Waals surface area contributed by atoms with E-state index in [0.29, 0.717) is 30.3 Å². The van der Waals surface area contributed by atoms with Gasteiger partial charge >= 0.3 is 0 Å². The molecule has 0 saturated heterocycles. The van der Waals surface area contributed by atoms with Gasteiger partial charge in [0.1, 0.15) is 13.2 Å². The first kappa shape index (κ1) is 16.4. The maximum absolute atomic E-state index is 12.6. The average Bonchev–Trinajstić information content (AvgIpc) is 2.94. The fraction of sp³-hybridized carbons (Fsp3) is 0.533. The van der Waals surface area contributed by atoms with Gasteiger partial charge in [0.25, 0.3) is 0 Å². The molecule has 0 bridgehead atoms. The minimum absolute atomic E-state index is 0.0370. The Morgan fingerprint density at radius 3 is 2.74 bits per heavy atom. The topological polar surface area (TPSA) is 74.2 Å². The number of nitrogens with zero attached hydrogens (tertiary/aromatic N) is 1. The Bertz CT molecular complexity index is 761. The Morgan fingerprint density at radius 2 is 2.04 bits per heavy atom. The molecule has 8 heteroatoms. The Labute approximate surface area is 140 Å². The van der Waals surface area contributed by atoms with E-state index in [1.54, 1.807) is 19.1 Å². The first-order valence-electron chi connectivity index (χ1n) is 7.26. The first-order valence-corrected chi connectivity index (χ1v) is 9.45. The van der Waals surface area contributed by atoms with E-state index in [1.165, 1.54) is 0 Å². The fourth-order valence-corrected chi connectivity index (χ4v) is 4.23. The van der Waals surface area contributed by atoms with Crippen LogP contribution in [0.4, 0.5) is 0 Å². The summed E-state index contributed by atoms with van der Waals surface area (Å²) in [5, 5.41) is 3.77. The molecule has 0 saturated carbocycles. The summed E-state index contributed by atoms with van der Waals surface area (Å²) in [5.74, 6) is 1.28. The predicted molar refractivity (Wildman–Crippen MR) is 87.1 cm³/mol. The molecule has 0 aliphatic carbocycles. The molecule has 2 aliphatic heterocycles. The number of sulfone groups is 1. The largest absolute Gasteiger partial charge is 0.486 e. The molecule has 1 aromatic rings. The number of rotatable bonds is 3. The highest BCUT2D eigenvalue weighted by molar-refractivity contribution is 8.05. The van der Waals surface area contributed by atoms with Gasteiger partial charge in [-0.2, -0.15) is 0 Å². The maximum Gasteiger partial charge on any atom is 0.199 e. The van der Waals surface area contributed by atoms with Crippen molar-refractivity contribution in [3.63, 3.8) is 0 Å². The quantitative estimate of drug-likeness (QED) is 0.775. The summed E-state index contributed by atoms with van der Waals surface area (Å²) in [4.78, 5) is 5.18. The monoisotopic (exact) mass is 359 g/mol. The second-order valence-electron chi connectivity index (χ2n) is 5.97. The lowest BCUT2D eigenvalue weighted by Crippen LogP contribution is -2.28. The van der Waals surface area contributed by atoms with E-state index in [9.17, 15) is 8.42 Å². The molecule has 1 unspecified atom stereocenters. The smallest absolute Gasteiger partial charge is 0.199 e. The van der Waals surface area contributed by atoms with Crippen molar-refractivity contribution in [2.24, 2.45) is 5.16 Å². The number of hydrogen-bond acceptors (Lipinski definition) is 6. The van der Waals surface area contributed by atoms with Crippen molar-refractivity contribution in [2.75, 3.05) is 19.1 Å². The van der Waals surface area contributed by atoms with Crippen LogP contribution in [-0.4, -0.2) is 38.2 Å². The number of ether oxygens (including phenoxy) is 2. The van der Waals surface area contributed by atoms with Crippen LogP contribution in [0.15, 0.2) is 17.3 Å². The van der Waals surface area contributed by atoms with E-state index >= 15 is 0 Å². The van der Waals surface area contributed by atoms with Gasteiger partial charge in [-0.05, 0) is 31.0 Å². The third-order valence-corrected chi connectivity index (χ3v) is 6.14. The summed E-state index contributed by atoms with van der Waals surface area (Å²) in [7, 11) is -3.57. The molecule has 0 aromatic heterocycles. The van der Waals surface area contributed by atoms with Crippen LogP contribution in [0.1, 0.15) is 24.5 Å². The molecule has 0 N–H and O–H groups in total. The van der Waals surface area contributed by atoms with Gasteiger partial charge < -0.3 is 14.3 Å². The third-order valence-electron chi connectivity index (χ3n) is 3.95. The van der Waals surface area contributed by atoms with Gasteiger partial charge in [0, 0.05) is 6.42 Å². The molecule has 126 valence electrons. The summed E-state index contributed by atoms with van der Waals surface area (Å²) in [6.45, 7) is 4.52. The molecule has 0 fully saturated rings. The molecule has 6 nitrogen and oxygen atoms in total. The van der Waals surface area contributed by atoms with Crippen LogP contribution in [-0.2, 0) is 20.4 Å². The molecule has 0 amide bonds. The van der Waals surface area contributed by atoms with Crippen molar-refractivity contribution in [3.8, 4) is 11.5 Å². The fourth-order valence-electron chi connectivity index (χ4n) is 2.52. The van der Waals surface area contributed by atoms with Crippen molar-refractivity contribution < 1.29 is 22.7 Å². The number of halogens is 1. The van der Waals surface area contributed by atoms with Crippen LogP contribution in [0.5, 0.6) is 11.5 Å². The number of alkyl halides is 1. The van der Waals surface area contributed by atoms with Gasteiger partial charge in [-0.15, -0.1) is 11.6 Å². The lowest BCUT2D eigenvalue weighted by Gasteiger charge is -2.21. The Kier molecular flexibility index (Phi) is 4.18. The maximum atomic E-state index is 12.6. The normalized spacial score (nSPS) is 23.3. The number of oxime groups is 1. The van der Waals surface area contributed by atoms with Gasteiger partial charge in [-0.1, -0.05) is 11.2 Å². The van der Waals surface area contributed by atoms with Crippen molar-refractivity contribution in [2.45, 2.75) is 31.6 Å². The minimum atomic E-state index is -3.57. The predicted octanol–water partition coefficient (Wildman–Crippen LogP) is 2.41. The van der Waals surface area contributed by atoms with Gasteiger partial charge in [0.15, 0.2) is 32.0 Å². The Balaban J connectivity index is 1.85. The van der Waals surface area contributed by atoms with Crippen LogP contribution >= 0.6 is 11.6 Å². The molecule has 3 rings (SSSR count). The van der Waals surface area contributed by atoms with Gasteiger partial charge in [0.2, 0.25) is 0 Å². The molecule has 0 radical (unpaired) electrons. The zero-order chi connectivity index (χ0) is 16.7. The summed E-state index contributed by atoms with van der Waals surface area (Å²) in [6.07, 6.45) is 0.183. The molecule has 2 aliphatic rings. The Morgan fingerprint density at radius 1 is 1.30 bits per heavy atom. The molecule has 0 spiro atoms. The van der Waals surface area contributed by atoms with Crippen LogP contribution < -0.4 is 9.47 Å². The van der Waals surface area contributed by atoms with Crippen LogP contribution in [0.25, 0.3) is 0 Å². The molecular formula is C15H18ClNO5S. The van der Waals surface area contributed by atoms with Crippen molar-refractivity contribution in [3.05, 3.63) is 23.3 Å². The summed E-state index contributed by atoms with van der Waals surface area (Å²) >= 11 is 5.81. The zero-order valence-corrected chi connectivity index (χ0v) is 14.5. The standard InChI is InChI=1S/C15H18ClNO5S/c1-10-11(3-4-12-14(10)21-6-5-20-12)8-23(18,19)13-7-15(2,9-16)22-17-13/h3-4H,5-9H2,1-2H3. The molecule has 23 heavy (non-hydrogen) atoms. The van der Waals surface area contributed by atoms with E-state index in [1.807, 2.05) is 6.92 Å². The molecule has 1 aromatic carbocycles. The molecule has 2 heterocycles. The van der Waals surface area contributed by atoms with Crippen LogP contribution in [0.3, 0.4) is 0 Å². The lowest BCUT2D eigenvalue weighted by molar-refractivity contribution is 0.0152. The van der Waals surface area contributed by atoms with E-state index in [-0.39, 0.29) is 23.1 Å². The van der Waals surface area contributed by atoms with Crippen molar-refractivity contribution in [1.82, 2.24) is 0 Å². The van der Waals surface area contributed by atoms with E-state index in [4.69, 9.17) is 25.9 Å². The van der Waals surface area contributed by atoms with Crippen molar-refractivity contribution in [1.29, 1.82) is 0 Å². The summed E-state index contributed by atoms with van der Waals surface area (Å²) < 4.78 is 36.3. The van der Waals surface area contributed by atoms with Gasteiger partial charge in [-0.25, -0.2) is 8.42 Å². The van der Waals surface area contributed by atoms with E-state index < -0.39 is 15.4 Å². The summed E-state index contributed by atoms with van der Waals surface area (Å²) in [5.41, 5.74) is 0.674. The van der Waals surface area contributed by atoms with E-state index in [2.05, 4.69) is 5.16 Å². The minimum Gasteiger partial charge on any atom is -0.486 e. The lowest BCUT2D eigenvalue weighted by atomic mass is 10.1. The van der Waals surface area contributed by atoms with Crippen LogP contribution in [0, 0.1) is 6.92 Å². The molecular weight excluding hydrogens is 342 g/mol. The molecule has 1 atom stereocenters. The zero-order valence-electron chi connectivity index (χ0n) is 13.0. The third kappa shape index (κ3) is 3.12. The highest BCUT2D eigenvalue weighted by Crippen LogP contribution is 2.36. The van der Waals surface area contributed by atoms with E-state index in [0.717, 1.165) is 5.56 Å². The second kappa shape index (κ2) is 5.87. The van der Waals surface area contributed by atoms with Crippen molar-refractivity contribution >= 4 is 26.5 Å². The highest BCUT2D eigenvalue weighted by atomic mass is 35.5. The SMILES string of the molecule is Cc1c(CS(=O)(=O)C2=NOC(C)(CCl)C2)ccc2c1OCCO2. The van der Waals surface area contributed by atoms with Crippen LogP contribution in [0.2, 0.25) is 0 Å². The van der Waals surface area contributed by atoms with Gasteiger partial charge in [0.05, 0.1) is 11.6 Å². The number of fused-ring (bicyclic) bond motifs is 1. The second-order valence-corrected chi connectivity index (χ2v) is 8.23. The number of hydrogen-bond donors (Lipinski definition) is 0. The first-order chi connectivity index (χ1) is 10.8. The average molecular weight is 360 g/mol. The summed E-state index contributed by atoms with van der Waals surface area (Å²) in [6, 6.07) is 3.49. The Hall–Kier alpha value is -1.47.